The van der Waals surface area contributed by atoms with Gasteiger partial charge in [-0.05, 0) is 32.6 Å². The lowest BCUT2D eigenvalue weighted by Gasteiger charge is -2.21. The second-order valence-electron chi connectivity index (χ2n) is 6.25. The average Bonchev–Trinajstić information content (AvgIpc) is 2.86. The molecule has 1 aliphatic carbocycles. The molecule has 0 aliphatic heterocycles. The van der Waals surface area contributed by atoms with E-state index in [9.17, 15) is 0 Å². The van der Waals surface area contributed by atoms with E-state index in [-0.39, 0.29) is 0 Å². The van der Waals surface area contributed by atoms with E-state index in [0.29, 0.717) is 12.4 Å². The fourth-order valence-electron chi connectivity index (χ4n) is 3.07. The Balaban J connectivity index is 1.62. The number of oxazole rings is 1. The standard InChI is InChI=1S/C17H30N4O/c1-13-14(2)22-16(21-13)12-20-17(18-3)19-11-7-10-15-8-5-4-6-9-15/h15H,4-12H2,1-3H3,(H2,18,19,20). The van der Waals surface area contributed by atoms with Gasteiger partial charge < -0.3 is 15.1 Å². The van der Waals surface area contributed by atoms with Crippen LogP contribution in [0.4, 0.5) is 0 Å². The van der Waals surface area contributed by atoms with Crippen molar-refractivity contribution >= 4 is 5.96 Å². The lowest BCUT2D eigenvalue weighted by atomic mass is 9.86. The van der Waals surface area contributed by atoms with E-state index in [4.69, 9.17) is 4.42 Å². The highest BCUT2D eigenvalue weighted by Gasteiger charge is 2.12. The van der Waals surface area contributed by atoms with Gasteiger partial charge in [0, 0.05) is 13.6 Å². The number of rotatable bonds is 6. The number of nitrogens with zero attached hydrogens (tertiary/aromatic N) is 2. The molecule has 0 spiro atoms. The van der Waals surface area contributed by atoms with Gasteiger partial charge in [0.2, 0.25) is 5.89 Å². The van der Waals surface area contributed by atoms with Crippen LogP contribution >= 0.6 is 0 Å². The van der Waals surface area contributed by atoms with E-state index in [1.54, 1.807) is 7.05 Å². The monoisotopic (exact) mass is 306 g/mol. The topological polar surface area (TPSA) is 62.5 Å². The number of nitrogens with one attached hydrogen (secondary N) is 2. The Kier molecular flexibility index (Phi) is 6.74. The average molecular weight is 306 g/mol. The molecular formula is C17H30N4O. The Morgan fingerprint density at radius 3 is 2.64 bits per heavy atom. The molecule has 0 atom stereocenters. The summed E-state index contributed by atoms with van der Waals surface area (Å²) in [6.45, 7) is 5.43. The second kappa shape index (κ2) is 8.81. The minimum atomic E-state index is 0.566. The maximum Gasteiger partial charge on any atom is 0.214 e. The highest BCUT2D eigenvalue weighted by Crippen LogP contribution is 2.26. The molecule has 1 aromatic heterocycles. The van der Waals surface area contributed by atoms with E-state index in [2.05, 4.69) is 20.6 Å². The summed E-state index contributed by atoms with van der Waals surface area (Å²) >= 11 is 0. The third-order valence-corrected chi connectivity index (χ3v) is 4.51. The minimum absolute atomic E-state index is 0.566. The first-order valence-corrected chi connectivity index (χ1v) is 8.56. The van der Waals surface area contributed by atoms with Crippen LogP contribution in [0.2, 0.25) is 0 Å². The van der Waals surface area contributed by atoms with Crippen LogP contribution in [0.25, 0.3) is 0 Å². The molecule has 0 aromatic carbocycles. The van der Waals surface area contributed by atoms with Crippen molar-refractivity contribution in [2.24, 2.45) is 10.9 Å². The van der Waals surface area contributed by atoms with Gasteiger partial charge in [0.05, 0.1) is 12.2 Å². The normalized spacial score (nSPS) is 16.8. The molecule has 5 nitrogen and oxygen atoms in total. The third-order valence-electron chi connectivity index (χ3n) is 4.51. The summed E-state index contributed by atoms with van der Waals surface area (Å²) in [7, 11) is 1.79. The van der Waals surface area contributed by atoms with Crippen molar-refractivity contribution in [2.75, 3.05) is 13.6 Å². The smallest absolute Gasteiger partial charge is 0.214 e. The van der Waals surface area contributed by atoms with Gasteiger partial charge in [0.15, 0.2) is 5.96 Å². The van der Waals surface area contributed by atoms with E-state index in [1.807, 2.05) is 13.8 Å². The van der Waals surface area contributed by atoms with Gasteiger partial charge in [-0.1, -0.05) is 32.1 Å². The molecule has 5 heteroatoms. The number of hydrogen-bond donors (Lipinski definition) is 2. The van der Waals surface area contributed by atoms with Crippen LogP contribution in [-0.4, -0.2) is 24.5 Å². The van der Waals surface area contributed by atoms with Crippen LogP contribution in [0.3, 0.4) is 0 Å². The fraction of sp³-hybridized carbons (Fsp3) is 0.765. The van der Waals surface area contributed by atoms with Crippen LogP contribution in [0.1, 0.15) is 62.3 Å². The Labute approximate surface area is 134 Å². The SMILES string of the molecule is CN=C(NCCCC1CCCCC1)NCc1nc(C)c(C)o1. The predicted molar refractivity (Wildman–Crippen MR) is 90.0 cm³/mol. The van der Waals surface area contributed by atoms with Crippen molar-refractivity contribution < 1.29 is 4.42 Å². The van der Waals surface area contributed by atoms with Gasteiger partial charge in [0.25, 0.3) is 0 Å². The van der Waals surface area contributed by atoms with Crippen LogP contribution in [0.5, 0.6) is 0 Å². The van der Waals surface area contributed by atoms with Gasteiger partial charge in [-0.25, -0.2) is 4.98 Å². The van der Waals surface area contributed by atoms with Crippen molar-refractivity contribution in [2.45, 2.75) is 65.3 Å². The second-order valence-corrected chi connectivity index (χ2v) is 6.25. The van der Waals surface area contributed by atoms with E-state index >= 15 is 0 Å². The minimum Gasteiger partial charge on any atom is -0.444 e. The highest BCUT2D eigenvalue weighted by molar-refractivity contribution is 5.79. The predicted octanol–water partition coefficient (Wildman–Crippen LogP) is 3.32. The van der Waals surface area contributed by atoms with E-state index in [0.717, 1.165) is 29.9 Å². The Morgan fingerprint density at radius 2 is 2.00 bits per heavy atom. The first-order valence-electron chi connectivity index (χ1n) is 8.56. The summed E-state index contributed by atoms with van der Waals surface area (Å²) in [5, 5.41) is 6.62. The van der Waals surface area contributed by atoms with Crippen molar-refractivity contribution in [1.82, 2.24) is 15.6 Å². The number of aromatic nitrogens is 1. The summed E-state index contributed by atoms with van der Waals surface area (Å²) < 4.78 is 5.56. The number of guanidine groups is 1. The van der Waals surface area contributed by atoms with E-state index in [1.165, 1.54) is 44.9 Å². The lowest BCUT2D eigenvalue weighted by Crippen LogP contribution is -2.37. The van der Waals surface area contributed by atoms with Crippen LogP contribution < -0.4 is 10.6 Å². The first kappa shape index (κ1) is 16.8. The zero-order chi connectivity index (χ0) is 15.8. The van der Waals surface area contributed by atoms with Crippen molar-refractivity contribution in [3.05, 3.63) is 17.3 Å². The van der Waals surface area contributed by atoms with Crippen molar-refractivity contribution in [1.29, 1.82) is 0 Å². The lowest BCUT2D eigenvalue weighted by molar-refractivity contribution is 0.332. The maximum absolute atomic E-state index is 5.56. The molecular weight excluding hydrogens is 276 g/mol. The molecule has 1 aromatic rings. The highest BCUT2D eigenvalue weighted by atomic mass is 16.4. The molecule has 124 valence electrons. The molecule has 0 bridgehead atoms. The molecule has 1 aliphatic rings. The zero-order valence-corrected chi connectivity index (χ0v) is 14.2. The maximum atomic E-state index is 5.56. The van der Waals surface area contributed by atoms with Crippen molar-refractivity contribution in [3.63, 3.8) is 0 Å². The summed E-state index contributed by atoms with van der Waals surface area (Å²) in [6, 6.07) is 0. The Morgan fingerprint density at radius 1 is 1.23 bits per heavy atom. The van der Waals surface area contributed by atoms with Gasteiger partial charge in [-0.2, -0.15) is 0 Å². The van der Waals surface area contributed by atoms with Crippen LogP contribution in [0, 0.1) is 19.8 Å². The molecule has 0 amide bonds. The summed E-state index contributed by atoms with van der Waals surface area (Å²) in [5.41, 5.74) is 0.951. The molecule has 1 heterocycles. The molecule has 2 N–H and O–H groups in total. The number of aliphatic imine (C=N–C) groups is 1. The van der Waals surface area contributed by atoms with Gasteiger partial charge >= 0.3 is 0 Å². The van der Waals surface area contributed by atoms with Crippen LogP contribution in [-0.2, 0) is 6.54 Å². The molecule has 1 saturated carbocycles. The van der Waals surface area contributed by atoms with E-state index < -0.39 is 0 Å². The molecule has 0 saturated heterocycles. The largest absolute Gasteiger partial charge is 0.444 e. The molecule has 1 fully saturated rings. The third kappa shape index (κ3) is 5.35. The summed E-state index contributed by atoms with van der Waals surface area (Å²) in [5.74, 6) is 3.35. The molecule has 2 rings (SSSR count). The number of aryl methyl sites for hydroxylation is 2. The molecule has 0 unspecified atom stereocenters. The first-order chi connectivity index (χ1) is 10.7. The van der Waals surface area contributed by atoms with Crippen LogP contribution in [0.15, 0.2) is 9.41 Å². The quantitative estimate of drug-likeness (QED) is 0.481. The molecule has 0 radical (unpaired) electrons. The van der Waals surface area contributed by atoms with Gasteiger partial charge in [-0.3, -0.25) is 4.99 Å². The fourth-order valence-corrected chi connectivity index (χ4v) is 3.07. The molecule has 22 heavy (non-hydrogen) atoms. The van der Waals surface area contributed by atoms with Crippen molar-refractivity contribution in [3.8, 4) is 0 Å². The number of hydrogen-bond acceptors (Lipinski definition) is 3. The Bertz CT molecular complexity index is 456. The zero-order valence-electron chi connectivity index (χ0n) is 14.2. The van der Waals surface area contributed by atoms with Gasteiger partial charge in [-0.15, -0.1) is 0 Å². The summed E-state index contributed by atoms with van der Waals surface area (Å²) in [4.78, 5) is 8.60. The summed E-state index contributed by atoms with van der Waals surface area (Å²) in [6.07, 6.45) is 9.69. The van der Waals surface area contributed by atoms with Gasteiger partial charge in [0.1, 0.15) is 5.76 Å². The Hall–Kier alpha value is -1.52.